The standard InChI is InChI=1S/C18H11BrClNO3S/c19-14-5-1-12(2-6-14)13-3-7-15(8-4-13)25(24)16-9-10-17(20)18(11-16)21(22)23/h1-11H. The minimum Gasteiger partial charge on any atom is -0.258 e. The van der Waals surface area contributed by atoms with E-state index in [0.717, 1.165) is 15.6 Å². The van der Waals surface area contributed by atoms with Crippen molar-refractivity contribution in [2.45, 2.75) is 9.79 Å². The van der Waals surface area contributed by atoms with Crippen LogP contribution >= 0.6 is 27.5 Å². The van der Waals surface area contributed by atoms with Crippen LogP contribution in [0.25, 0.3) is 11.1 Å². The number of benzene rings is 3. The van der Waals surface area contributed by atoms with E-state index in [9.17, 15) is 14.3 Å². The molecule has 0 radical (unpaired) electrons. The van der Waals surface area contributed by atoms with Crippen molar-refractivity contribution in [1.29, 1.82) is 0 Å². The van der Waals surface area contributed by atoms with Crippen LogP contribution in [0, 0.1) is 10.1 Å². The highest BCUT2D eigenvalue weighted by Gasteiger charge is 2.16. The predicted molar refractivity (Wildman–Crippen MR) is 102 cm³/mol. The molecule has 0 saturated heterocycles. The second-order valence-corrected chi connectivity index (χ2v) is 7.97. The average molecular weight is 437 g/mol. The van der Waals surface area contributed by atoms with Gasteiger partial charge in [-0.25, -0.2) is 4.21 Å². The Kier molecular flexibility index (Phi) is 5.32. The maximum Gasteiger partial charge on any atom is 0.289 e. The van der Waals surface area contributed by atoms with Gasteiger partial charge in [-0.05, 0) is 47.5 Å². The van der Waals surface area contributed by atoms with Crippen LogP contribution in [0.15, 0.2) is 81.0 Å². The third-order valence-corrected chi connectivity index (χ3v) is 5.81. The zero-order chi connectivity index (χ0) is 18.0. The summed E-state index contributed by atoms with van der Waals surface area (Å²) in [6, 6.07) is 19.3. The first-order valence-corrected chi connectivity index (χ1v) is 9.49. The topological polar surface area (TPSA) is 60.2 Å². The molecular formula is C18H11BrClNO3S. The molecule has 0 amide bonds. The van der Waals surface area contributed by atoms with Crippen LogP contribution in [0.3, 0.4) is 0 Å². The highest BCUT2D eigenvalue weighted by atomic mass is 79.9. The fraction of sp³-hybridized carbons (Fsp3) is 0. The Morgan fingerprint density at radius 1 is 0.880 bits per heavy atom. The molecule has 0 heterocycles. The number of hydrogen-bond donors (Lipinski definition) is 0. The van der Waals surface area contributed by atoms with Gasteiger partial charge in [-0.2, -0.15) is 0 Å². The molecule has 1 atom stereocenters. The lowest BCUT2D eigenvalue weighted by Crippen LogP contribution is -1.96. The smallest absolute Gasteiger partial charge is 0.258 e. The SMILES string of the molecule is O=[N+]([O-])c1cc(S(=O)c2ccc(-c3ccc(Br)cc3)cc2)ccc1Cl. The Morgan fingerprint density at radius 2 is 1.40 bits per heavy atom. The van der Waals surface area contributed by atoms with Gasteiger partial charge in [-0.1, -0.05) is 51.8 Å². The van der Waals surface area contributed by atoms with Crippen molar-refractivity contribution in [2.75, 3.05) is 0 Å². The van der Waals surface area contributed by atoms with Crippen molar-refractivity contribution in [3.63, 3.8) is 0 Å². The first-order chi connectivity index (χ1) is 12.0. The van der Waals surface area contributed by atoms with Gasteiger partial charge in [0.05, 0.1) is 20.6 Å². The van der Waals surface area contributed by atoms with Gasteiger partial charge in [0.2, 0.25) is 0 Å². The Bertz CT molecular complexity index is 959. The molecule has 0 aliphatic carbocycles. The van der Waals surface area contributed by atoms with Gasteiger partial charge in [0.15, 0.2) is 0 Å². The van der Waals surface area contributed by atoms with E-state index < -0.39 is 15.7 Å². The average Bonchev–Trinajstić information content (AvgIpc) is 2.62. The van der Waals surface area contributed by atoms with Crippen LogP contribution in [0.4, 0.5) is 5.69 Å². The van der Waals surface area contributed by atoms with Crippen molar-refractivity contribution in [3.05, 3.63) is 86.3 Å². The highest BCUT2D eigenvalue weighted by Crippen LogP contribution is 2.29. The summed E-state index contributed by atoms with van der Waals surface area (Å²) in [7, 11) is -1.52. The lowest BCUT2D eigenvalue weighted by atomic mass is 10.1. The Morgan fingerprint density at radius 3 is 1.96 bits per heavy atom. The summed E-state index contributed by atoms with van der Waals surface area (Å²) in [5, 5.41) is 11.0. The van der Waals surface area contributed by atoms with Crippen LogP contribution in [0.5, 0.6) is 0 Å². The van der Waals surface area contributed by atoms with Crippen LogP contribution in [-0.4, -0.2) is 9.13 Å². The molecule has 4 nitrogen and oxygen atoms in total. The Labute approximate surface area is 160 Å². The van der Waals surface area contributed by atoms with E-state index in [4.69, 9.17) is 11.6 Å². The van der Waals surface area contributed by atoms with Crippen LogP contribution in [0.2, 0.25) is 5.02 Å². The van der Waals surface area contributed by atoms with Gasteiger partial charge in [-0.15, -0.1) is 0 Å². The van der Waals surface area contributed by atoms with Crippen molar-refractivity contribution >= 4 is 44.0 Å². The normalized spacial score (nSPS) is 11.9. The summed E-state index contributed by atoms with van der Waals surface area (Å²) < 4.78 is 13.7. The summed E-state index contributed by atoms with van der Waals surface area (Å²) in [5.74, 6) is 0. The van der Waals surface area contributed by atoms with Crippen molar-refractivity contribution in [2.24, 2.45) is 0 Å². The quantitative estimate of drug-likeness (QED) is 0.381. The molecule has 7 heteroatoms. The molecular weight excluding hydrogens is 426 g/mol. The first-order valence-electron chi connectivity index (χ1n) is 7.17. The monoisotopic (exact) mass is 435 g/mol. The zero-order valence-corrected chi connectivity index (χ0v) is 15.8. The van der Waals surface area contributed by atoms with E-state index in [0.29, 0.717) is 9.79 Å². The van der Waals surface area contributed by atoms with Crippen molar-refractivity contribution < 1.29 is 9.13 Å². The molecule has 3 rings (SSSR count). The summed E-state index contributed by atoms with van der Waals surface area (Å²) in [4.78, 5) is 11.3. The predicted octanol–water partition coefficient (Wildman–Crippen LogP) is 5.84. The minimum absolute atomic E-state index is 0.0244. The molecule has 3 aromatic rings. The van der Waals surface area contributed by atoms with Crippen LogP contribution in [0.1, 0.15) is 0 Å². The third kappa shape index (κ3) is 3.98. The third-order valence-electron chi connectivity index (χ3n) is 3.57. The molecule has 0 N–H and O–H groups in total. The molecule has 126 valence electrons. The number of nitro groups is 1. The minimum atomic E-state index is -1.52. The number of nitro benzene ring substituents is 1. The molecule has 0 aliphatic heterocycles. The number of nitrogens with zero attached hydrogens (tertiary/aromatic N) is 1. The number of halogens is 2. The van der Waals surface area contributed by atoms with Crippen LogP contribution < -0.4 is 0 Å². The lowest BCUT2D eigenvalue weighted by Gasteiger charge is -2.06. The van der Waals surface area contributed by atoms with E-state index in [1.165, 1.54) is 18.2 Å². The molecule has 25 heavy (non-hydrogen) atoms. The van der Waals surface area contributed by atoms with Gasteiger partial charge >= 0.3 is 0 Å². The molecule has 1 unspecified atom stereocenters. The van der Waals surface area contributed by atoms with E-state index in [2.05, 4.69) is 15.9 Å². The second kappa shape index (κ2) is 7.47. The highest BCUT2D eigenvalue weighted by molar-refractivity contribution is 9.10. The molecule has 0 aliphatic rings. The molecule has 0 bridgehead atoms. The second-order valence-electron chi connectivity index (χ2n) is 5.17. The van der Waals surface area contributed by atoms with Gasteiger partial charge in [0, 0.05) is 15.4 Å². The summed E-state index contributed by atoms with van der Waals surface area (Å²) in [6.07, 6.45) is 0. The zero-order valence-electron chi connectivity index (χ0n) is 12.7. The Balaban J connectivity index is 1.89. The summed E-state index contributed by atoms with van der Waals surface area (Å²) in [6.45, 7) is 0. The van der Waals surface area contributed by atoms with Gasteiger partial charge in [0.1, 0.15) is 5.02 Å². The van der Waals surface area contributed by atoms with Gasteiger partial charge in [-0.3, -0.25) is 10.1 Å². The fourth-order valence-electron chi connectivity index (χ4n) is 2.30. The maximum absolute atomic E-state index is 12.7. The summed E-state index contributed by atoms with van der Waals surface area (Å²) in [5.41, 5.74) is 1.79. The molecule has 0 aromatic heterocycles. The van der Waals surface area contributed by atoms with E-state index in [1.54, 1.807) is 12.1 Å². The molecule has 3 aromatic carbocycles. The Hall–Kier alpha value is -2.02. The van der Waals surface area contributed by atoms with Crippen molar-refractivity contribution in [1.82, 2.24) is 0 Å². The first kappa shape index (κ1) is 17.8. The van der Waals surface area contributed by atoms with Gasteiger partial charge < -0.3 is 0 Å². The molecule has 0 fully saturated rings. The summed E-state index contributed by atoms with van der Waals surface area (Å²) >= 11 is 9.20. The number of hydrogen-bond acceptors (Lipinski definition) is 3. The number of rotatable bonds is 4. The molecule has 0 saturated carbocycles. The fourth-order valence-corrected chi connectivity index (χ4v) is 3.81. The van der Waals surface area contributed by atoms with Crippen molar-refractivity contribution in [3.8, 4) is 11.1 Å². The van der Waals surface area contributed by atoms with Gasteiger partial charge in [0.25, 0.3) is 5.69 Å². The maximum atomic E-state index is 12.7. The lowest BCUT2D eigenvalue weighted by molar-refractivity contribution is -0.384. The van der Waals surface area contributed by atoms with E-state index in [-0.39, 0.29) is 10.7 Å². The van der Waals surface area contributed by atoms with E-state index >= 15 is 0 Å². The van der Waals surface area contributed by atoms with E-state index in [1.807, 2.05) is 36.4 Å². The molecule has 0 spiro atoms. The van der Waals surface area contributed by atoms with Crippen LogP contribution in [-0.2, 0) is 10.8 Å². The largest absolute Gasteiger partial charge is 0.289 e.